The normalized spacial score (nSPS) is 21.0. The maximum Gasteiger partial charge on any atom is 0.251 e. The number of anilines is 1. The molecule has 6 heteroatoms. The summed E-state index contributed by atoms with van der Waals surface area (Å²) in [6.45, 7) is 4.04. The SMILES string of the molecule is Cc1ccc(NC(=O)CN2C=CN3NC(c4ccccc4)CC3C2=O)cc1C. The number of amides is 2. The fraction of sp³-hybridized carbons (Fsp3) is 0.273. The number of hydrogen-bond donors (Lipinski definition) is 2. The average Bonchev–Trinajstić information content (AvgIpc) is 3.13. The highest BCUT2D eigenvalue weighted by Crippen LogP contribution is 2.30. The number of hydrogen-bond acceptors (Lipinski definition) is 4. The summed E-state index contributed by atoms with van der Waals surface area (Å²) in [5.41, 5.74) is 7.55. The molecule has 1 fully saturated rings. The minimum absolute atomic E-state index is 0.00258. The van der Waals surface area contributed by atoms with Crippen molar-refractivity contribution in [2.45, 2.75) is 32.4 Å². The van der Waals surface area contributed by atoms with Gasteiger partial charge < -0.3 is 15.2 Å². The lowest BCUT2D eigenvalue weighted by atomic mass is 10.0. The summed E-state index contributed by atoms with van der Waals surface area (Å²) in [5.74, 6) is -0.274. The van der Waals surface area contributed by atoms with E-state index < -0.39 is 0 Å². The average molecular weight is 376 g/mol. The summed E-state index contributed by atoms with van der Waals surface area (Å²) in [6, 6.07) is 15.7. The third-order valence-corrected chi connectivity index (χ3v) is 5.38. The summed E-state index contributed by atoms with van der Waals surface area (Å²) in [5, 5.41) is 4.72. The zero-order valence-electron chi connectivity index (χ0n) is 16.1. The number of carbonyl (C=O) groups excluding carboxylic acids is 2. The maximum absolute atomic E-state index is 12.9. The number of fused-ring (bicyclic) bond motifs is 1. The number of benzene rings is 2. The molecule has 2 amide bonds. The van der Waals surface area contributed by atoms with Crippen molar-refractivity contribution in [1.82, 2.24) is 15.3 Å². The first-order valence-corrected chi connectivity index (χ1v) is 9.46. The van der Waals surface area contributed by atoms with Crippen LogP contribution in [0.2, 0.25) is 0 Å². The van der Waals surface area contributed by atoms with Gasteiger partial charge in [0.1, 0.15) is 12.6 Å². The van der Waals surface area contributed by atoms with Crippen molar-refractivity contribution in [2.24, 2.45) is 0 Å². The number of nitrogens with zero attached hydrogens (tertiary/aromatic N) is 2. The summed E-state index contributed by atoms with van der Waals surface area (Å²) >= 11 is 0. The van der Waals surface area contributed by atoms with Gasteiger partial charge >= 0.3 is 0 Å². The summed E-state index contributed by atoms with van der Waals surface area (Å²) in [7, 11) is 0. The van der Waals surface area contributed by atoms with Crippen molar-refractivity contribution < 1.29 is 9.59 Å². The summed E-state index contributed by atoms with van der Waals surface area (Å²) < 4.78 is 0. The second kappa shape index (κ2) is 7.48. The van der Waals surface area contributed by atoms with Gasteiger partial charge in [-0.15, -0.1) is 0 Å². The third-order valence-electron chi connectivity index (χ3n) is 5.38. The van der Waals surface area contributed by atoms with Crippen LogP contribution in [0.4, 0.5) is 5.69 Å². The van der Waals surface area contributed by atoms with Crippen molar-refractivity contribution in [3.63, 3.8) is 0 Å². The van der Waals surface area contributed by atoms with Gasteiger partial charge in [-0.2, -0.15) is 0 Å². The molecule has 2 aromatic rings. The van der Waals surface area contributed by atoms with E-state index in [1.807, 2.05) is 61.5 Å². The maximum atomic E-state index is 12.9. The molecule has 2 aliphatic rings. The molecule has 1 saturated heterocycles. The molecule has 0 aliphatic carbocycles. The first-order chi connectivity index (χ1) is 13.5. The summed E-state index contributed by atoms with van der Waals surface area (Å²) in [4.78, 5) is 26.8. The Kier molecular flexibility index (Phi) is 4.88. The van der Waals surface area contributed by atoms with Gasteiger partial charge in [-0.1, -0.05) is 36.4 Å². The van der Waals surface area contributed by atoms with Crippen molar-refractivity contribution in [1.29, 1.82) is 0 Å². The monoisotopic (exact) mass is 376 g/mol. The Labute approximate surface area is 164 Å². The molecule has 2 atom stereocenters. The van der Waals surface area contributed by atoms with Gasteiger partial charge in [-0.05, 0) is 49.1 Å². The predicted octanol–water partition coefficient (Wildman–Crippen LogP) is 2.88. The minimum Gasteiger partial charge on any atom is -0.325 e. The van der Waals surface area contributed by atoms with Crippen LogP contribution in [-0.4, -0.2) is 34.3 Å². The first kappa shape index (κ1) is 18.3. The van der Waals surface area contributed by atoms with Crippen LogP contribution in [0.1, 0.15) is 29.2 Å². The first-order valence-electron chi connectivity index (χ1n) is 9.46. The molecule has 2 heterocycles. The number of nitrogens with one attached hydrogen (secondary N) is 2. The zero-order valence-corrected chi connectivity index (χ0v) is 16.1. The van der Waals surface area contributed by atoms with Crippen LogP contribution in [0.25, 0.3) is 0 Å². The molecule has 144 valence electrons. The molecule has 0 saturated carbocycles. The van der Waals surface area contributed by atoms with Gasteiger partial charge in [0.05, 0.1) is 6.04 Å². The van der Waals surface area contributed by atoms with Crippen LogP contribution >= 0.6 is 0 Å². The van der Waals surface area contributed by atoms with E-state index in [1.54, 1.807) is 6.20 Å². The van der Waals surface area contributed by atoms with E-state index in [1.165, 1.54) is 10.5 Å². The number of hydrazine groups is 1. The van der Waals surface area contributed by atoms with Crippen molar-refractivity contribution in [3.8, 4) is 0 Å². The smallest absolute Gasteiger partial charge is 0.251 e. The van der Waals surface area contributed by atoms with Gasteiger partial charge in [0.25, 0.3) is 5.91 Å². The fourth-order valence-corrected chi connectivity index (χ4v) is 3.64. The molecule has 2 aliphatic heterocycles. The number of aryl methyl sites for hydroxylation is 2. The van der Waals surface area contributed by atoms with E-state index in [4.69, 9.17) is 0 Å². The lowest BCUT2D eigenvalue weighted by molar-refractivity contribution is -0.137. The minimum atomic E-state index is -0.301. The van der Waals surface area contributed by atoms with Crippen LogP contribution < -0.4 is 10.7 Å². The van der Waals surface area contributed by atoms with Crippen LogP contribution in [-0.2, 0) is 9.59 Å². The molecule has 28 heavy (non-hydrogen) atoms. The Bertz CT molecular complexity index is 925. The standard InChI is InChI=1S/C22H24N4O2/c1-15-8-9-18(12-16(15)2)23-21(27)14-25-10-11-26-20(22(25)28)13-19(24-26)17-6-4-3-5-7-17/h3-12,19-20,24H,13-14H2,1-2H3,(H,23,27). The highest BCUT2D eigenvalue weighted by Gasteiger charge is 2.40. The Morgan fingerprint density at radius 1 is 1.11 bits per heavy atom. The lowest BCUT2D eigenvalue weighted by Gasteiger charge is -2.31. The molecule has 6 nitrogen and oxygen atoms in total. The van der Waals surface area contributed by atoms with Crippen LogP contribution in [0, 0.1) is 13.8 Å². The molecule has 0 bridgehead atoms. The third kappa shape index (κ3) is 3.64. The molecule has 0 aromatic heterocycles. The largest absolute Gasteiger partial charge is 0.325 e. The lowest BCUT2D eigenvalue weighted by Crippen LogP contribution is -2.49. The van der Waals surface area contributed by atoms with E-state index in [-0.39, 0.29) is 30.4 Å². The van der Waals surface area contributed by atoms with E-state index in [9.17, 15) is 9.59 Å². The van der Waals surface area contributed by atoms with Gasteiger partial charge in [0.2, 0.25) is 5.91 Å². The highest BCUT2D eigenvalue weighted by molar-refractivity contribution is 5.96. The van der Waals surface area contributed by atoms with Gasteiger partial charge in [0.15, 0.2) is 0 Å². The van der Waals surface area contributed by atoms with E-state index in [0.29, 0.717) is 6.42 Å². The number of rotatable bonds is 4. The Hall–Kier alpha value is -3.12. The Balaban J connectivity index is 1.39. The Morgan fingerprint density at radius 2 is 1.89 bits per heavy atom. The van der Waals surface area contributed by atoms with E-state index in [2.05, 4.69) is 22.9 Å². The van der Waals surface area contributed by atoms with Gasteiger partial charge in [0, 0.05) is 18.1 Å². The molecule has 0 spiro atoms. The number of carbonyl (C=O) groups is 2. The van der Waals surface area contributed by atoms with Gasteiger partial charge in [-0.25, -0.2) is 5.43 Å². The quantitative estimate of drug-likeness (QED) is 0.861. The van der Waals surface area contributed by atoms with Gasteiger partial charge in [-0.3, -0.25) is 9.59 Å². The van der Waals surface area contributed by atoms with Crippen LogP contribution in [0.3, 0.4) is 0 Å². The Morgan fingerprint density at radius 3 is 2.64 bits per heavy atom. The summed E-state index contributed by atoms with van der Waals surface area (Å²) in [6.07, 6.45) is 4.17. The molecular formula is C22H24N4O2. The molecule has 2 aromatic carbocycles. The second-order valence-corrected chi connectivity index (χ2v) is 7.36. The fourth-order valence-electron chi connectivity index (χ4n) is 3.64. The molecular weight excluding hydrogens is 352 g/mol. The van der Waals surface area contributed by atoms with Crippen molar-refractivity contribution >= 4 is 17.5 Å². The molecule has 2 N–H and O–H groups in total. The molecule has 4 rings (SSSR count). The van der Waals surface area contributed by atoms with E-state index >= 15 is 0 Å². The van der Waals surface area contributed by atoms with Crippen molar-refractivity contribution in [3.05, 3.63) is 77.6 Å². The second-order valence-electron chi connectivity index (χ2n) is 7.36. The molecule has 2 unspecified atom stereocenters. The highest BCUT2D eigenvalue weighted by atomic mass is 16.2. The predicted molar refractivity (Wildman–Crippen MR) is 108 cm³/mol. The van der Waals surface area contributed by atoms with Crippen molar-refractivity contribution in [2.75, 3.05) is 11.9 Å². The van der Waals surface area contributed by atoms with Crippen LogP contribution in [0.5, 0.6) is 0 Å². The van der Waals surface area contributed by atoms with E-state index in [0.717, 1.165) is 16.8 Å². The van der Waals surface area contributed by atoms with Crippen LogP contribution in [0.15, 0.2) is 60.9 Å². The molecule has 0 radical (unpaired) electrons. The zero-order chi connectivity index (χ0) is 19.7. The topological polar surface area (TPSA) is 64.7 Å².